The van der Waals surface area contributed by atoms with E-state index in [1.807, 2.05) is 38.1 Å². The molecule has 0 aliphatic carbocycles. The van der Waals surface area contributed by atoms with Crippen molar-refractivity contribution < 1.29 is 14.3 Å². The largest absolute Gasteiger partial charge is 0.483 e. The van der Waals surface area contributed by atoms with Crippen molar-refractivity contribution >= 4 is 12.2 Å². The van der Waals surface area contributed by atoms with E-state index in [0.29, 0.717) is 17.6 Å². The van der Waals surface area contributed by atoms with E-state index in [9.17, 15) is 9.59 Å². The van der Waals surface area contributed by atoms with Crippen LogP contribution in [0.15, 0.2) is 48.5 Å². The molecule has 0 unspecified atom stereocenters. The summed E-state index contributed by atoms with van der Waals surface area (Å²) in [6.07, 6.45) is 1.51. The lowest BCUT2D eigenvalue weighted by molar-refractivity contribution is -0.123. The Morgan fingerprint density at radius 2 is 1.87 bits per heavy atom. The standard InChI is InChI=1S/C19H21NO3/c1-3-17(15-10-8-14(2)9-11-15)20-19(22)13-23-18-7-5-4-6-16(18)12-21/h4-12,17H,3,13H2,1-2H3,(H,20,22)/t17-/m0/s1. The molecule has 1 atom stereocenters. The molecule has 2 rings (SSSR count). The molecule has 0 aliphatic heterocycles. The van der Waals surface area contributed by atoms with Crippen molar-refractivity contribution in [3.8, 4) is 5.75 Å². The number of aryl methyl sites for hydroxylation is 1. The molecule has 4 nitrogen and oxygen atoms in total. The van der Waals surface area contributed by atoms with E-state index in [1.165, 1.54) is 5.56 Å². The highest BCUT2D eigenvalue weighted by molar-refractivity contribution is 5.81. The van der Waals surface area contributed by atoms with Crippen molar-refractivity contribution in [2.24, 2.45) is 0 Å². The molecule has 1 N–H and O–H groups in total. The van der Waals surface area contributed by atoms with E-state index in [2.05, 4.69) is 5.32 Å². The summed E-state index contributed by atoms with van der Waals surface area (Å²) in [6.45, 7) is 3.93. The van der Waals surface area contributed by atoms with Gasteiger partial charge in [-0.05, 0) is 31.0 Å². The van der Waals surface area contributed by atoms with Crippen LogP contribution in [0.2, 0.25) is 0 Å². The lowest BCUT2D eigenvalue weighted by Crippen LogP contribution is -2.32. The van der Waals surface area contributed by atoms with Gasteiger partial charge >= 0.3 is 0 Å². The summed E-state index contributed by atoms with van der Waals surface area (Å²) in [5.74, 6) is 0.208. The van der Waals surface area contributed by atoms with Gasteiger partial charge in [-0.2, -0.15) is 0 Å². The Morgan fingerprint density at radius 1 is 1.17 bits per heavy atom. The second kappa shape index (κ2) is 8.13. The molecule has 4 heteroatoms. The van der Waals surface area contributed by atoms with E-state index >= 15 is 0 Å². The Kier molecular flexibility index (Phi) is 5.92. The third-order valence-corrected chi connectivity index (χ3v) is 3.63. The molecule has 0 aromatic heterocycles. The summed E-state index contributed by atoms with van der Waals surface area (Å²) in [7, 11) is 0. The molecule has 120 valence electrons. The number of carbonyl (C=O) groups excluding carboxylic acids is 2. The normalized spacial score (nSPS) is 11.6. The smallest absolute Gasteiger partial charge is 0.258 e. The summed E-state index contributed by atoms with van der Waals surface area (Å²) in [6, 6.07) is 14.9. The highest BCUT2D eigenvalue weighted by Gasteiger charge is 2.13. The van der Waals surface area contributed by atoms with Gasteiger partial charge < -0.3 is 10.1 Å². The zero-order valence-corrected chi connectivity index (χ0v) is 13.4. The number of hydrogen-bond acceptors (Lipinski definition) is 3. The Labute approximate surface area is 136 Å². The fraction of sp³-hybridized carbons (Fsp3) is 0.263. The minimum Gasteiger partial charge on any atom is -0.483 e. The van der Waals surface area contributed by atoms with Crippen molar-refractivity contribution in [1.82, 2.24) is 5.32 Å². The van der Waals surface area contributed by atoms with Crippen LogP contribution >= 0.6 is 0 Å². The Hall–Kier alpha value is -2.62. The van der Waals surface area contributed by atoms with Crippen LogP contribution < -0.4 is 10.1 Å². The molecule has 1 amide bonds. The van der Waals surface area contributed by atoms with E-state index < -0.39 is 0 Å². The van der Waals surface area contributed by atoms with Crippen LogP contribution in [0.1, 0.15) is 40.9 Å². The summed E-state index contributed by atoms with van der Waals surface area (Å²) in [5, 5.41) is 2.96. The molecule has 0 aliphatic rings. The molecular weight excluding hydrogens is 290 g/mol. The molecular formula is C19H21NO3. The zero-order valence-electron chi connectivity index (χ0n) is 13.4. The van der Waals surface area contributed by atoms with Gasteiger partial charge in [0.1, 0.15) is 5.75 Å². The third kappa shape index (κ3) is 4.68. The molecule has 0 radical (unpaired) electrons. The topological polar surface area (TPSA) is 55.4 Å². The molecule has 2 aromatic rings. The molecule has 23 heavy (non-hydrogen) atoms. The van der Waals surface area contributed by atoms with Gasteiger partial charge in [0.2, 0.25) is 0 Å². The van der Waals surface area contributed by atoms with Crippen molar-refractivity contribution in [3.63, 3.8) is 0 Å². The fourth-order valence-corrected chi connectivity index (χ4v) is 2.31. The maximum atomic E-state index is 12.1. The van der Waals surface area contributed by atoms with Gasteiger partial charge in [0.15, 0.2) is 12.9 Å². The zero-order chi connectivity index (χ0) is 16.7. The quantitative estimate of drug-likeness (QED) is 0.797. The molecule has 0 fully saturated rings. The highest BCUT2D eigenvalue weighted by atomic mass is 16.5. The summed E-state index contributed by atoms with van der Waals surface area (Å²) in [4.78, 5) is 23.0. The van der Waals surface area contributed by atoms with Gasteiger partial charge in [0, 0.05) is 0 Å². The SMILES string of the molecule is CC[C@H](NC(=O)COc1ccccc1C=O)c1ccc(C)cc1. The molecule has 2 aromatic carbocycles. The second-order valence-corrected chi connectivity index (χ2v) is 5.38. The predicted octanol–water partition coefficient (Wildman–Crippen LogP) is 3.45. The van der Waals surface area contributed by atoms with Gasteiger partial charge in [-0.1, -0.05) is 48.9 Å². The van der Waals surface area contributed by atoms with E-state index in [-0.39, 0.29) is 18.6 Å². The maximum absolute atomic E-state index is 12.1. The number of hydrogen-bond donors (Lipinski definition) is 1. The number of carbonyl (C=O) groups is 2. The van der Waals surface area contributed by atoms with Gasteiger partial charge in [-0.25, -0.2) is 0 Å². The number of para-hydroxylation sites is 1. The number of benzene rings is 2. The summed E-state index contributed by atoms with van der Waals surface area (Å²) >= 11 is 0. The lowest BCUT2D eigenvalue weighted by Gasteiger charge is -2.18. The number of ether oxygens (including phenoxy) is 1. The van der Waals surface area contributed by atoms with Crippen molar-refractivity contribution in [3.05, 3.63) is 65.2 Å². The molecule has 0 saturated carbocycles. The lowest BCUT2D eigenvalue weighted by atomic mass is 10.0. The second-order valence-electron chi connectivity index (χ2n) is 5.38. The van der Waals surface area contributed by atoms with Gasteiger partial charge in [0.25, 0.3) is 5.91 Å². The highest BCUT2D eigenvalue weighted by Crippen LogP contribution is 2.18. The van der Waals surface area contributed by atoms with Crippen molar-refractivity contribution in [2.75, 3.05) is 6.61 Å². The van der Waals surface area contributed by atoms with Crippen LogP contribution in [0.5, 0.6) is 5.75 Å². The first-order valence-corrected chi connectivity index (χ1v) is 7.67. The number of aldehydes is 1. The molecule has 0 heterocycles. The number of rotatable bonds is 7. The Bertz CT molecular complexity index is 665. The van der Waals surface area contributed by atoms with Crippen LogP contribution in [0, 0.1) is 6.92 Å². The van der Waals surface area contributed by atoms with Crippen LogP contribution in [0.4, 0.5) is 0 Å². The Morgan fingerprint density at radius 3 is 2.52 bits per heavy atom. The summed E-state index contributed by atoms with van der Waals surface area (Å²) in [5.41, 5.74) is 2.69. The maximum Gasteiger partial charge on any atom is 0.258 e. The van der Waals surface area contributed by atoms with Crippen LogP contribution in [-0.2, 0) is 4.79 Å². The predicted molar refractivity (Wildman–Crippen MR) is 89.7 cm³/mol. The van der Waals surface area contributed by atoms with Crippen LogP contribution in [-0.4, -0.2) is 18.8 Å². The van der Waals surface area contributed by atoms with Gasteiger partial charge in [0.05, 0.1) is 11.6 Å². The average Bonchev–Trinajstić information content (AvgIpc) is 2.59. The van der Waals surface area contributed by atoms with E-state index in [0.717, 1.165) is 12.0 Å². The monoisotopic (exact) mass is 311 g/mol. The molecule has 0 saturated heterocycles. The summed E-state index contributed by atoms with van der Waals surface area (Å²) < 4.78 is 5.45. The van der Waals surface area contributed by atoms with Crippen LogP contribution in [0.3, 0.4) is 0 Å². The van der Waals surface area contributed by atoms with Gasteiger partial charge in [-0.15, -0.1) is 0 Å². The third-order valence-electron chi connectivity index (χ3n) is 3.63. The molecule has 0 spiro atoms. The van der Waals surface area contributed by atoms with Gasteiger partial charge in [-0.3, -0.25) is 9.59 Å². The molecule has 0 bridgehead atoms. The van der Waals surface area contributed by atoms with Crippen molar-refractivity contribution in [1.29, 1.82) is 0 Å². The van der Waals surface area contributed by atoms with E-state index in [4.69, 9.17) is 4.74 Å². The average molecular weight is 311 g/mol. The van der Waals surface area contributed by atoms with Crippen LogP contribution in [0.25, 0.3) is 0 Å². The van der Waals surface area contributed by atoms with Crippen molar-refractivity contribution in [2.45, 2.75) is 26.3 Å². The minimum atomic E-state index is -0.210. The minimum absolute atomic E-state index is 0.0481. The fourth-order valence-electron chi connectivity index (χ4n) is 2.31. The van der Waals surface area contributed by atoms with E-state index in [1.54, 1.807) is 24.3 Å². The Balaban J connectivity index is 1.95. The first-order valence-electron chi connectivity index (χ1n) is 7.67. The first kappa shape index (κ1) is 16.7. The number of amides is 1. The first-order chi connectivity index (χ1) is 11.1. The number of nitrogens with one attached hydrogen (secondary N) is 1.